The van der Waals surface area contributed by atoms with E-state index in [9.17, 15) is 4.79 Å². The molecule has 1 aliphatic rings. The molecule has 24 heavy (non-hydrogen) atoms. The van der Waals surface area contributed by atoms with Crippen molar-refractivity contribution in [2.45, 2.75) is 51.6 Å². The highest BCUT2D eigenvalue weighted by Crippen LogP contribution is 2.34. The number of rotatable bonds is 6. The van der Waals surface area contributed by atoms with E-state index in [1.54, 1.807) is 12.3 Å². The van der Waals surface area contributed by atoms with Gasteiger partial charge in [-0.15, -0.1) is 0 Å². The van der Waals surface area contributed by atoms with Gasteiger partial charge >= 0.3 is 0 Å². The smallest absolute Gasteiger partial charge is 0.247 e. The van der Waals surface area contributed by atoms with Gasteiger partial charge in [-0.2, -0.15) is 0 Å². The van der Waals surface area contributed by atoms with Crippen LogP contribution in [0, 0.1) is 0 Å². The molecule has 3 heteroatoms. The van der Waals surface area contributed by atoms with Crippen molar-refractivity contribution in [2.75, 3.05) is 0 Å². The van der Waals surface area contributed by atoms with Crippen LogP contribution in [0.1, 0.15) is 62.5 Å². The molecular formula is C21H25NO2. The van der Waals surface area contributed by atoms with E-state index >= 15 is 0 Å². The molecule has 1 fully saturated rings. The SMILES string of the molecule is CC(C)c1ccc(/C=C/C(=O)N(C2CC2)C(C)c2ccco2)cc1. The van der Waals surface area contributed by atoms with Gasteiger partial charge in [0.2, 0.25) is 5.91 Å². The van der Waals surface area contributed by atoms with E-state index in [2.05, 4.69) is 38.1 Å². The summed E-state index contributed by atoms with van der Waals surface area (Å²) in [5, 5.41) is 0. The van der Waals surface area contributed by atoms with E-state index in [4.69, 9.17) is 4.42 Å². The first-order valence-corrected chi connectivity index (χ1v) is 8.70. The Morgan fingerprint density at radius 3 is 2.42 bits per heavy atom. The second kappa shape index (κ2) is 7.08. The van der Waals surface area contributed by atoms with Gasteiger partial charge in [-0.25, -0.2) is 0 Å². The zero-order chi connectivity index (χ0) is 17.1. The van der Waals surface area contributed by atoms with Crippen LogP contribution in [0.5, 0.6) is 0 Å². The molecule has 0 N–H and O–H groups in total. The molecule has 0 saturated heterocycles. The summed E-state index contributed by atoms with van der Waals surface area (Å²) >= 11 is 0. The van der Waals surface area contributed by atoms with Gasteiger partial charge in [-0.3, -0.25) is 4.79 Å². The fourth-order valence-corrected chi connectivity index (χ4v) is 2.95. The second-order valence-corrected chi connectivity index (χ2v) is 6.82. The van der Waals surface area contributed by atoms with Crippen LogP contribution in [-0.2, 0) is 4.79 Å². The molecular weight excluding hydrogens is 298 g/mol. The summed E-state index contributed by atoms with van der Waals surface area (Å²) in [6.45, 7) is 6.39. The van der Waals surface area contributed by atoms with E-state index < -0.39 is 0 Å². The first-order chi connectivity index (χ1) is 11.6. The zero-order valence-corrected chi connectivity index (χ0v) is 14.6. The molecule has 126 valence electrons. The Bertz CT molecular complexity index is 694. The minimum Gasteiger partial charge on any atom is -0.467 e. The summed E-state index contributed by atoms with van der Waals surface area (Å²) in [5.74, 6) is 1.41. The minimum absolute atomic E-state index is 0.0343. The maximum atomic E-state index is 12.7. The van der Waals surface area contributed by atoms with E-state index in [0.29, 0.717) is 12.0 Å². The fourth-order valence-electron chi connectivity index (χ4n) is 2.95. The summed E-state index contributed by atoms with van der Waals surface area (Å²) in [6.07, 6.45) is 7.40. The van der Waals surface area contributed by atoms with Crippen LogP contribution in [0.3, 0.4) is 0 Å². The molecule has 2 aromatic rings. The number of nitrogens with zero attached hydrogens (tertiary/aromatic N) is 1. The van der Waals surface area contributed by atoms with Crippen molar-refractivity contribution in [1.29, 1.82) is 0 Å². The molecule has 3 nitrogen and oxygen atoms in total. The van der Waals surface area contributed by atoms with Crippen molar-refractivity contribution in [2.24, 2.45) is 0 Å². The van der Waals surface area contributed by atoms with Crippen molar-refractivity contribution in [3.8, 4) is 0 Å². The molecule has 0 bridgehead atoms. The van der Waals surface area contributed by atoms with Gasteiger partial charge in [0.05, 0.1) is 12.3 Å². The van der Waals surface area contributed by atoms with E-state index in [1.165, 1.54) is 5.56 Å². The zero-order valence-electron chi connectivity index (χ0n) is 14.6. The van der Waals surface area contributed by atoms with Gasteiger partial charge < -0.3 is 9.32 Å². The van der Waals surface area contributed by atoms with Crippen LogP contribution in [0.2, 0.25) is 0 Å². The molecule has 1 aromatic heterocycles. The molecule has 3 rings (SSSR count). The Labute approximate surface area is 144 Å². The Morgan fingerprint density at radius 1 is 1.17 bits per heavy atom. The quantitative estimate of drug-likeness (QED) is 0.687. The van der Waals surface area contributed by atoms with Gasteiger partial charge in [-0.05, 0) is 55.0 Å². The lowest BCUT2D eigenvalue weighted by molar-refractivity contribution is -0.129. The van der Waals surface area contributed by atoms with Crippen molar-refractivity contribution < 1.29 is 9.21 Å². The molecule has 1 unspecified atom stereocenters. The van der Waals surface area contributed by atoms with Crippen molar-refractivity contribution in [3.63, 3.8) is 0 Å². The number of amides is 1. The summed E-state index contributed by atoms with van der Waals surface area (Å²) in [7, 11) is 0. The van der Waals surface area contributed by atoms with Gasteiger partial charge in [-0.1, -0.05) is 38.1 Å². The number of hydrogen-bond acceptors (Lipinski definition) is 2. The Morgan fingerprint density at radius 2 is 1.88 bits per heavy atom. The highest BCUT2D eigenvalue weighted by atomic mass is 16.3. The number of furan rings is 1. The largest absolute Gasteiger partial charge is 0.467 e. The van der Waals surface area contributed by atoms with Gasteiger partial charge in [0.15, 0.2) is 0 Å². The number of carbonyl (C=O) groups excluding carboxylic acids is 1. The summed E-state index contributed by atoms with van der Waals surface area (Å²) < 4.78 is 5.48. The predicted molar refractivity (Wildman–Crippen MR) is 96.6 cm³/mol. The average molecular weight is 323 g/mol. The number of hydrogen-bond donors (Lipinski definition) is 0. The standard InChI is InChI=1S/C21H25NO2/c1-15(2)18-9-6-17(7-10-18)8-13-21(23)22(19-11-12-19)16(3)20-5-4-14-24-20/h4-10,13-16,19H,11-12H2,1-3H3/b13-8+. The molecule has 0 radical (unpaired) electrons. The Hall–Kier alpha value is -2.29. The highest BCUT2D eigenvalue weighted by molar-refractivity contribution is 5.92. The van der Waals surface area contributed by atoms with Gasteiger partial charge in [0, 0.05) is 12.1 Å². The van der Waals surface area contributed by atoms with Crippen molar-refractivity contribution in [3.05, 3.63) is 65.6 Å². The van der Waals surface area contributed by atoms with Gasteiger partial charge in [0.1, 0.15) is 5.76 Å². The molecule has 0 aliphatic heterocycles. The van der Waals surface area contributed by atoms with Crippen LogP contribution in [0.15, 0.2) is 53.2 Å². The lowest BCUT2D eigenvalue weighted by Crippen LogP contribution is -2.34. The lowest BCUT2D eigenvalue weighted by Gasteiger charge is -2.26. The Kier molecular flexibility index (Phi) is 4.89. The first kappa shape index (κ1) is 16.6. The van der Waals surface area contributed by atoms with Crippen molar-refractivity contribution >= 4 is 12.0 Å². The van der Waals surface area contributed by atoms with Crippen LogP contribution in [-0.4, -0.2) is 16.8 Å². The Balaban J connectivity index is 1.71. The second-order valence-electron chi connectivity index (χ2n) is 6.82. The molecule has 1 amide bonds. The predicted octanol–water partition coefficient (Wildman–Crippen LogP) is 5.17. The molecule has 0 spiro atoms. The van der Waals surface area contributed by atoms with E-state index in [-0.39, 0.29) is 11.9 Å². The van der Waals surface area contributed by atoms with E-state index in [0.717, 1.165) is 24.2 Å². The highest BCUT2D eigenvalue weighted by Gasteiger charge is 2.36. The van der Waals surface area contributed by atoms with Gasteiger partial charge in [0.25, 0.3) is 0 Å². The number of carbonyl (C=O) groups is 1. The van der Waals surface area contributed by atoms with Crippen LogP contribution < -0.4 is 0 Å². The lowest BCUT2D eigenvalue weighted by atomic mass is 10.0. The fraction of sp³-hybridized carbons (Fsp3) is 0.381. The summed E-state index contributed by atoms with van der Waals surface area (Å²) in [5.41, 5.74) is 2.36. The third kappa shape index (κ3) is 3.78. The maximum absolute atomic E-state index is 12.7. The maximum Gasteiger partial charge on any atom is 0.247 e. The van der Waals surface area contributed by atoms with E-state index in [1.807, 2.05) is 30.0 Å². The summed E-state index contributed by atoms with van der Waals surface area (Å²) in [6, 6.07) is 12.5. The molecule has 1 atom stereocenters. The third-order valence-electron chi connectivity index (χ3n) is 4.59. The molecule has 1 heterocycles. The normalized spacial score (nSPS) is 15.8. The van der Waals surface area contributed by atoms with Crippen LogP contribution >= 0.6 is 0 Å². The van der Waals surface area contributed by atoms with Crippen LogP contribution in [0.4, 0.5) is 0 Å². The van der Waals surface area contributed by atoms with Crippen LogP contribution in [0.25, 0.3) is 6.08 Å². The monoisotopic (exact) mass is 323 g/mol. The average Bonchev–Trinajstić information content (AvgIpc) is 3.25. The molecule has 1 aromatic carbocycles. The minimum atomic E-state index is -0.0343. The third-order valence-corrected chi connectivity index (χ3v) is 4.59. The number of benzene rings is 1. The summed E-state index contributed by atoms with van der Waals surface area (Å²) in [4.78, 5) is 14.6. The molecule has 1 aliphatic carbocycles. The topological polar surface area (TPSA) is 33.5 Å². The van der Waals surface area contributed by atoms with Crippen molar-refractivity contribution in [1.82, 2.24) is 4.90 Å². The molecule has 1 saturated carbocycles. The first-order valence-electron chi connectivity index (χ1n) is 8.70.